The molecule has 1 aliphatic carbocycles. The van der Waals surface area contributed by atoms with E-state index in [9.17, 15) is 33.6 Å². The van der Waals surface area contributed by atoms with Crippen LogP contribution in [0.5, 0.6) is 0 Å². The second kappa shape index (κ2) is 23.1. The Balaban J connectivity index is 1.67. The predicted molar refractivity (Wildman–Crippen MR) is 233 cm³/mol. The lowest BCUT2D eigenvalue weighted by molar-refractivity contribution is -0.141. The van der Waals surface area contributed by atoms with Gasteiger partial charge in [-0.1, -0.05) is 56.3 Å². The second-order valence-corrected chi connectivity index (χ2v) is 17.8. The zero-order chi connectivity index (χ0) is 44.7. The van der Waals surface area contributed by atoms with Crippen LogP contribution in [-0.2, 0) is 39.9 Å². The fourth-order valence-electron chi connectivity index (χ4n) is 7.45. The summed E-state index contributed by atoms with van der Waals surface area (Å²) in [7, 11) is 0. The minimum atomic E-state index is -0.853. The molecule has 4 atom stereocenters. The summed E-state index contributed by atoms with van der Waals surface area (Å²) in [6.07, 6.45) is 6.85. The molecule has 1 fully saturated rings. The fraction of sp³-hybridized carbons (Fsp3) is 0.596. The number of nitrogens with zero attached hydrogens (tertiary/aromatic N) is 1. The summed E-state index contributed by atoms with van der Waals surface area (Å²) in [5.74, 6) is -1.92. The number of benzene rings is 1. The van der Waals surface area contributed by atoms with Gasteiger partial charge in [0.1, 0.15) is 17.7 Å². The number of ketones is 2. The maximum absolute atomic E-state index is 14.4. The maximum Gasteiger partial charge on any atom is 0.408 e. The molecule has 330 valence electrons. The highest BCUT2D eigenvalue weighted by Crippen LogP contribution is 2.27. The molecule has 13 heteroatoms. The summed E-state index contributed by atoms with van der Waals surface area (Å²) in [6.45, 7) is 18.8. The van der Waals surface area contributed by atoms with Crippen molar-refractivity contribution in [3.63, 3.8) is 0 Å². The van der Waals surface area contributed by atoms with Gasteiger partial charge in [0.2, 0.25) is 23.6 Å². The summed E-state index contributed by atoms with van der Waals surface area (Å²) in [6, 6.07) is 7.48. The number of rotatable bonds is 20. The van der Waals surface area contributed by atoms with Crippen molar-refractivity contribution in [2.75, 3.05) is 13.1 Å². The number of unbranched alkanes of at least 4 members (excludes halogenated alkanes) is 1. The van der Waals surface area contributed by atoms with Crippen LogP contribution in [-0.4, -0.2) is 89.0 Å². The molecule has 1 saturated heterocycles. The highest BCUT2D eigenvalue weighted by molar-refractivity contribution is 6.24. The molecule has 0 spiro atoms. The number of Topliss-reactive ketones (excluding diaryl/α,β-unsaturated/α-hetero) is 2. The molecule has 0 bridgehead atoms. The van der Waals surface area contributed by atoms with Gasteiger partial charge in [0.05, 0.1) is 12.0 Å². The number of alkyl carbamates (subject to hydrolysis) is 1. The Morgan fingerprint density at radius 1 is 0.867 bits per heavy atom. The quantitative estimate of drug-likeness (QED) is 0.0680. The number of carbonyl (C=O) groups is 7. The summed E-state index contributed by atoms with van der Waals surface area (Å²) >= 11 is 0. The summed E-state index contributed by atoms with van der Waals surface area (Å²) in [5, 5.41) is 11.6. The summed E-state index contributed by atoms with van der Waals surface area (Å²) in [5.41, 5.74) is 1.90. The molecule has 3 rings (SSSR count). The first-order chi connectivity index (χ1) is 28.2. The standard InChI is InChI=1S/C47H69N5O8/c1-29(2)27-36(50-46(59)60-47(8,9)10)22-21-35(28-34-17-12-11-13-18-34)45(58)52-26-16-20-39(52)44(57)51-38(43(56)49-30(3)4)19-14-15-25-48-40(53)24-23-37-33(7)41(54)31(5)32(6)42(37)55/h11-13,17-18,21-22,29-30,35-36,38-39H,14-16,19-20,23-28H2,1-10H3,(H,48,53)(H,49,56)(H,50,59)(H,51,57)/b22-21+/t35-,36-,38+,39+/m1/s1. The third-order valence-corrected chi connectivity index (χ3v) is 10.7. The Hall–Kier alpha value is -5.07. The van der Waals surface area contributed by atoms with Crippen LogP contribution in [0.2, 0.25) is 0 Å². The van der Waals surface area contributed by atoms with Crippen LogP contribution in [0.4, 0.5) is 4.79 Å². The molecule has 60 heavy (non-hydrogen) atoms. The van der Waals surface area contributed by atoms with E-state index in [0.717, 1.165) is 5.56 Å². The lowest BCUT2D eigenvalue weighted by atomic mass is 9.84. The van der Waals surface area contributed by atoms with E-state index in [1.54, 1.807) is 46.4 Å². The van der Waals surface area contributed by atoms with Gasteiger partial charge in [-0.25, -0.2) is 4.79 Å². The molecular weight excluding hydrogens is 763 g/mol. The third-order valence-electron chi connectivity index (χ3n) is 10.7. The number of ether oxygens (including phenoxy) is 1. The van der Waals surface area contributed by atoms with Crippen molar-refractivity contribution in [2.24, 2.45) is 11.8 Å². The molecular formula is C47H69N5O8. The van der Waals surface area contributed by atoms with Crippen LogP contribution in [0.15, 0.2) is 64.8 Å². The van der Waals surface area contributed by atoms with E-state index in [0.29, 0.717) is 80.3 Å². The number of likely N-dealkylation sites (tertiary alicyclic amines) is 1. The van der Waals surface area contributed by atoms with Crippen LogP contribution in [0, 0.1) is 11.8 Å². The predicted octanol–water partition coefficient (Wildman–Crippen LogP) is 6.21. The average molecular weight is 832 g/mol. The number of hydrogen-bond acceptors (Lipinski definition) is 8. The minimum absolute atomic E-state index is 0.0631. The maximum atomic E-state index is 14.4. The van der Waals surface area contributed by atoms with Crippen molar-refractivity contribution in [3.8, 4) is 0 Å². The van der Waals surface area contributed by atoms with Gasteiger partial charge in [0, 0.05) is 47.8 Å². The average Bonchev–Trinajstić information content (AvgIpc) is 3.66. The molecule has 0 radical (unpaired) electrons. The third kappa shape index (κ3) is 15.5. The van der Waals surface area contributed by atoms with Crippen LogP contribution in [0.25, 0.3) is 0 Å². The molecule has 2 aliphatic rings. The Kier molecular flexibility index (Phi) is 19.0. The molecule has 1 aliphatic heterocycles. The second-order valence-electron chi connectivity index (χ2n) is 17.8. The van der Waals surface area contributed by atoms with Crippen molar-refractivity contribution >= 4 is 41.3 Å². The first kappa shape index (κ1) is 49.3. The first-order valence-corrected chi connectivity index (χ1v) is 21.5. The van der Waals surface area contributed by atoms with Crippen molar-refractivity contribution in [1.29, 1.82) is 0 Å². The van der Waals surface area contributed by atoms with E-state index in [2.05, 4.69) is 35.1 Å². The lowest BCUT2D eigenvalue weighted by Crippen LogP contribution is -2.54. The molecule has 0 unspecified atom stereocenters. The summed E-state index contributed by atoms with van der Waals surface area (Å²) < 4.78 is 5.51. The van der Waals surface area contributed by atoms with Gasteiger partial charge in [-0.05, 0) is 118 Å². The first-order valence-electron chi connectivity index (χ1n) is 21.5. The van der Waals surface area contributed by atoms with Gasteiger partial charge in [0.15, 0.2) is 11.6 Å². The number of carbonyl (C=O) groups excluding carboxylic acids is 7. The molecule has 1 aromatic rings. The van der Waals surface area contributed by atoms with E-state index in [-0.39, 0.29) is 60.1 Å². The Morgan fingerprint density at radius 2 is 1.53 bits per heavy atom. The number of hydrogen-bond donors (Lipinski definition) is 4. The van der Waals surface area contributed by atoms with Crippen LogP contribution < -0.4 is 21.3 Å². The van der Waals surface area contributed by atoms with Gasteiger partial charge in [0.25, 0.3) is 0 Å². The van der Waals surface area contributed by atoms with Gasteiger partial charge >= 0.3 is 6.09 Å². The Labute approximate surface area is 357 Å². The number of allylic oxidation sites excluding steroid dienone is 4. The van der Waals surface area contributed by atoms with Gasteiger partial charge in [-0.2, -0.15) is 0 Å². The van der Waals surface area contributed by atoms with E-state index in [1.807, 2.05) is 56.3 Å². The normalized spacial score (nSPS) is 17.6. The van der Waals surface area contributed by atoms with Crippen molar-refractivity contribution in [1.82, 2.24) is 26.2 Å². The largest absolute Gasteiger partial charge is 0.444 e. The van der Waals surface area contributed by atoms with Crippen LogP contribution in [0.3, 0.4) is 0 Å². The number of nitrogens with one attached hydrogen (secondary N) is 4. The number of amides is 5. The minimum Gasteiger partial charge on any atom is -0.444 e. The molecule has 13 nitrogen and oxygen atoms in total. The van der Waals surface area contributed by atoms with Crippen LogP contribution >= 0.6 is 0 Å². The van der Waals surface area contributed by atoms with Crippen molar-refractivity contribution in [2.45, 2.75) is 157 Å². The zero-order valence-electron chi connectivity index (χ0n) is 37.5. The zero-order valence-corrected chi connectivity index (χ0v) is 37.5. The van der Waals surface area contributed by atoms with Crippen molar-refractivity contribution < 1.29 is 38.3 Å². The van der Waals surface area contributed by atoms with Gasteiger partial charge < -0.3 is 30.9 Å². The van der Waals surface area contributed by atoms with E-state index < -0.39 is 35.6 Å². The van der Waals surface area contributed by atoms with Crippen molar-refractivity contribution in [3.05, 3.63) is 70.3 Å². The van der Waals surface area contributed by atoms with Crippen LogP contribution in [0.1, 0.15) is 126 Å². The van der Waals surface area contributed by atoms with Gasteiger partial charge in [-0.3, -0.25) is 28.8 Å². The van der Waals surface area contributed by atoms with Gasteiger partial charge in [-0.15, -0.1) is 0 Å². The van der Waals surface area contributed by atoms with E-state index >= 15 is 0 Å². The highest BCUT2D eigenvalue weighted by Gasteiger charge is 2.38. The monoisotopic (exact) mass is 832 g/mol. The molecule has 5 amide bonds. The lowest BCUT2D eigenvalue weighted by Gasteiger charge is -2.29. The molecule has 4 N–H and O–H groups in total. The molecule has 1 aromatic carbocycles. The Morgan fingerprint density at radius 3 is 2.17 bits per heavy atom. The smallest absolute Gasteiger partial charge is 0.408 e. The SMILES string of the molecule is CC1=C(C)C(=O)C(CCC(=O)NCCCC[C@H](NC(=O)[C@@H]2CCCN2C(=O)[C@H](/C=C/[C@H](CC(C)C)NC(=O)OC(C)(C)C)Cc2ccccc2)C(=O)NC(C)C)=C(C)C1=O. The molecule has 0 aromatic heterocycles. The molecule has 1 heterocycles. The van der Waals surface area contributed by atoms with E-state index in [1.165, 1.54) is 0 Å². The summed E-state index contributed by atoms with van der Waals surface area (Å²) in [4.78, 5) is 94.0. The molecule has 0 saturated carbocycles. The topological polar surface area (TPSA) is 180 Å². The Bertz CT molecular complexity index is 1810. The highest BCUT2D eigenvalue weighted by atomic mass is 16.6. The van der Waals surface area contributed by atoms with E-state index in [4.69, 9.17) is 4.74 Å². The fourth-order valence-corrected chi connectivity index (χ4v) is 7.45.